The average molecular weight is 663 g/mol. The molecule has 0 fully saturated rings. The van der Waals surface area contributed by atoms with Crippen LogP contribution < -0.4 is 24.4 Å². The van der Waals surface area contributed by atoms with Crippen molar-refractivity contribution in [2.45, 2.75) is 65.5 Å². The zero-order valence-electron chi connectivity index (χ0n) is 26.6. The third-order valence-electron chi connectivity index (χ3n) is 7.30. The number of methoxy groups -OCH3 is 1. The predicted molar refractivity (Wildman–Crippen MR) is 170 cm³/mol. The van der Waals surface area contributed by atoms with Crippen molar-refractivity contribution in [3.8, 4) is 17.2 Å². The van der Waals surface area contributed by atoms with Gasteiger partial charge < -0.3 is 29.2 Å². The number of hydrogen-bond donors (Lipinski definition) is 1. The van der Waals surface area contributed by atoms with Gasteiger partial charge in [-0.3, -0.25) is 9.59 Å². The monoisotopic (exact) mass is 662 g/mol. The molecule has 4 rings (SSSR count). The molecule has 0 radical (unpaired) electrons. The van der Waals surface area contributed by atoms with Gasteiger partial charge in [0.25, 0.3) is 5.91 Å². The lowest BCUT2D eigenvalue weighted by atomic mass is 9.99. The summed E-state index contributed by atoms with van der Waals surface area (Å²) in [6.45, 7) is 9.52. The van der Waals surface area contributed by atoms with Gasteiger partial charge in [0.1, 0.15) is 28.9 Å². The third kappa shape index (κ3) is 9.22. The minimum Gasteiger partial charge on any atom is -0.497 e. The van der Waals surface area contributed by atoms with Crippen LogP contribution in [0.4, 0.5) is 24.5 Å². The van der Waals surface area contributed by atoms with Crippen LogP contribution in [0.25, 0.3) is 0 Å². The SMILES string of the molecule is COc1cc(NC(C(=O)N2CCc3ccc(OC(F)(F)F)cc32)c2ccc(Cl)cc2C)cc(OCCC(C)C(=O)OC(C)(C)C)c1. The Labute approximate surface area is 271 Å². The van der Waals surface area contributed by atoms with Crippen molar-refractivity contribution >= 4 is 34.9 Å². The molecule has 0 aliphatic carbocycles. The van der Waals surface area contributed by atoms with Crippen molar-refractivity contribution in [1.29, 1.82) is 0 Å². The highest BCUT2D eigenvalue weighted by Gasteiger charge is 2.35. The van der Waals surface area contributed by atoms with Crippen molar-refractivity contribution in [1.82, 2.24) is 0 Å². The van der Waals surface area contributed by atoms with Gasteiger partial charge in [-0.05, 0) is 75.4 Å². The molecule has 1 aliphatic heterocycles. The van der Waals surface area contributed by atoms with Crippen LogP contribution in [0.3, 0.4) is 0 Å². The molecular formula is C34H38ClF3N2O6. The fourth-order valence-electron chi connectivity index (χ4n) is 5.07. The van der Waals surface area contributed by atoms with Crippen LogP contribution in [0.15, 0.2) is 54.6 Å². The van der Waals surface area contributed by atoms with Gasteiger partial charge in [0.05, 0.1) is 25.3 Å². The Morgan fingerprint density at radius 3 is 2.37 bits per heavy atom. The summed E-state index contributed by atoms with van der Waals surface area (Å²) < 4.78 is 59.9. The van der Waals surface area contributed by atoms with E-state index in [0.717, 1.165) is 11.1 Å². The van der Waals surface area contributed by atoms with Crippen molar-refractivity contribution in [2.24, 2.45) is 5.92 Å². The van der Waals surface area contributed by atoms with Gasteiger partial charge in [0.15, 0.2) is 0 Å². The van der Waals surface area contributed by atoms with Crippen molar-refractivity contribution in [3.05, 3.63) is 76.3 Å². The lowest BCUT2D eigenvalue weighted by Crippen LogP contribution is -2.37. The smallest absolute Gasteiger partial charge is 0.497 e. The highest BCUT2D eigenvalue weighted by Crippen LogP contribution is 2.38. The highest BCUT2D eigenvalue weighted by molar-refractivity contribution is 6.30. The number of aryl methyl sites for hydroxylation is 1. The maximum atomic E-state index is 14.3. The maximum absolute atomic E-state index is 14.3. The number of halogens is 4. The van der Waals surface area contributed by atoms with Crippen LogP contribution in [0.1, 0.15) is 56.8 Å². The van der Waals surface area contributed by atoms with Crippen LogP contribution in [-0.2, 0) is 20.7 Å². The Morgan fingerprint density at radius 2 is 1.72 bits per heavy atom. The fourth-order valence-corrected chi connectivity index (χ4v) is 5.30. The summed E-state index contributed by atoms with van der Waals surface area (Å²) in [7, 11) is 1.50. The van der Waals surface area contributed by atoms with Crippen molar-refractivity contribution < 1.29 is 41.7 Å². The summed E-state index contributed by atoms with van der Waals surface area (Å²) in [5, 5.41) is 3.79. The maximum Gasteiger partial charge on any atom is 0.573 e. The third-order valence-corrected chi connectivity index (χ3v) is 7.53. The fraction of sp³-hybridized carbons (Fsp3) is 0.412. The Hall–Kier alpha value is -4.12. The van der Waals surface area contributed by atoms with Crippen molar-refractivity contribution in [2.75, 3.05) is 30.5 Å². The molecule has 2 unspecified atom stereocenters. The van der Waals surface area contributed by atoms with Crippen LogP contribution in [0, 0.1) is 12.8 Å². The molecule has 0 spiro atoms. The Balaban J connectivity index is 1.60. The summed E-state index contributed by atoms with van der Waals surface area (Å²) in [6, 6.07) is 13.3. The largest absolute Gasteiger partial charge is 0.573 e. The van der Waals surface area contributed by atoms with E-state index in [9.17, 15) is 22.8 Å². The van der Waals surface area contributed by atoms with E-state index in [1.807, 2.05) is 27.7 Å². The number of rotatable bonds is 11. The Morgan fingerprint density at radius 1 is 1.00 bits per heavy atom. The van der Waals surface area contributed by atoms with Gasteiger partial charge in [-0.2, -0.15) is 0 Å². The summed E-state index contributed by atoms with van der Waals surface area (Å²) >= 11 is 6.22. The standard InChI is InChI=1S/C34H38ClF3N2O6/c1-20(32(42)46-33(3,4)5)12-14-44-27-17-24(16-26(18-27)43-6)39-30(28-10-8-23(35)15-21(28)2)31(41)40-13-11-22-7-9-25(19-29(22)40)45-34(36,37)38/h7-10,15-20,30,39H,11-14H2,1-6H3. The van der Waals surface area contributed by atoms with Gasteiger partial charge in [0.2, 0.25) is 0 Å². The number of ether oxygens (including phenoxy) is 4. The van der Waals surface area contributed by atoms with E-state index in [1.54, 1.807) is 43.3 Å². The number of anilines is 2. The Bertz CT molecular complexity index is 1570. The molecule has 0 saturated carbocycles. The quantitative estimate of drug-likeness (QED) is 0.208. The molecular weight excluding hydrogens is 625 g/mol. The normalized spacial score (nSPS) is 14.3. The lowest BCUT2D eigenvalue weighted by molar-refractivity contribution is -0.274. The molecule has 2 atom stereocenters. The molecule has 0 saturated heterocycles. The van der Waals surface area contributed by atoms with E-state index in [4.69, 9.17) is 25.8 Å². The summed E-state index contributed by atoms with van der Waals surface area (Å²) in [5.41, 5.74) is 2.35. The predicted octanol–water partition coefficient (Wildman–Crippen LogP) is 8.04. The molecule has 3 aromatic carbocycles. The number of benzene rings is 3. The summed E-state index contributed by atoms with van der Waals surface area (Å²) in [6.07, 6.45) is -3.99. The van der Waals surface area contributed by atoms with E-state index in [2.05, 4.69) is 10.1 Å². The van der Waals surface area contributed by atoms with Crippen LogP contribution in [-0.4, -0.2) is 44.1 Å². The summed E-state index contributed by atoms with van der Waals surface area (Å²) in [4.78, 5) is 28.1. The second kappa shape index (κ2) is 14.1. The van der Waals surface area contributed by atoms with E-state index in [-0.39, 0.29) is 30.9 Å². The molecule has 1 N–H and O–H groups in total. The molecule has 8 nitrogen and oxygen atoms in total. The molecule has 46 heavy (non-hydrogen) atoms. The first-order valence-electron chi connectivity index (χ1n) is 14.8. The topological polar surface area (TPSA) is 86.3 Å². The van der Waals surface area contributed by atoms with Gasteiger partial charge in [0, 0.05) is 41.5 Å². The number of carbonyl (C=O) groups excluding carboxylic acids is 2. The van der Waals surface area contributed by atoms with E-state index >= 15 is 0 Å². The minimum atomic E-state index is -4.87. The van der Waals surface area contributed by atoms with E-state index < -0.39 is 23.8 Å². The number of esters is 1. The first-order valence-corrected chi connectivity index (χ1v) is 15.2. The molecule has 12 heteroatoms. The number of carbonyl (C=O) groups is 2. The zero-order chi connectivity index (χ0) is 33.8. The van der Waals surface area contributed by atoms with Gasteiger partial charge in [-0.15, -0.1) is 13.2 Å². The zero-order valence-corrected chi connectivity index (χ0v) is 27.3. The first-order chi connectivity index (χ1) is 21.5. The second-order valence-electron chi connectivity index (χ2n) is 12.1. The number of hydrogen-bond acceptors (Lipinski definition) is 7. The van der Waals surface area contributed by atoms with Crippen LogP contribution in [0.2, 0.25) is 5.02 Å². The highest BCUT2D eigenvalue weighted by atomic mass is 35.5. The van der Waals surface area contributed by atoms with Gasteiger partial charge in [-0.25, -0.2) is 0 Å². The molecule has 248 valence electrons. The first kappa shape index (κ1) is 34.7. The Kier molecular flexibility index (Phi) is 10.7. The number of amides is 1. The molecule has 0 aromatic heterocycles. The summed E-state index contributed by atoms with van der Waals surface area (Å²) in [5.74, 6) is -0.594. The molecule has 1 amide bonds. The number of nitrogens with zero attached hydrogens (tertiary/aromatic N) is 1. The molecule has 1 heterocycles. The van der Waals surface area contributed by atoms with Crippen molar-refractivity contribution in [3.63, 3.8) is 0 Å². The van der Waals surface area contributed by atoms with E-state index in [0.29, 0.717) is 46.3 Å². The molecule has 3 aromatic rings. The number of nitrogens with one attached hydrogen (secondary N) is 1. The molecule has 1 aliphatic rings. The second-order valence-corrected chi connectivity index (χ2v) is 12.6. The minimum absolute atomic E-state index is 0.221. The van der Waals surface area contributed by atoms with E-state index in [1.165, 1.54) is 30.2 Å². The number of alkyl halides is 3. The van der Waals surface area contributed by atoms with Gasteiger partial charge in [-0.1, -0.05) is 30.7 Å². The average Bonchev–Trinajstić information content (AvgIpc) is 3.37. The number of fused-ring (bicyclic) bond motifs is 1. The molecule has 0 bridgehead atoms. The van der Waals surface area contributed by atoms with Crippen LogP contribution in [0.5, 0.6) is 17.2 Å². The lowest BCUT2D eigenvalue weighted by Gasteiger charge is -2.27. The van der Waals surface area contributed by atoms with Crippen LogP contribution >= 0.6 is 11.6 Å². The van der Waals surface area contributed by atoms with Gasteiger partial charge >= 0.3 is 12.3 Å².